The van der Waals surface area contributed by atoms with E-state index in [0.717, 1.165) is 11.2 Å². The van der Waals surface area contributed by atoms with E-state index < -0.39 is 34.0 Å². The molecule has 1 aromatic carbocycles. The van der Waals surface area contributed by atoms with Gasteiger partial charge in [0.25, 0.3) is 5.91 Å². The molecular weight excluding hydrogens is 406 g/mol. The van der Waals surface area contributed by atoms with Crippen molar-refractivity contribution in [2.45, 2.75) is 10.9 Å². The lowest BCUT2D eigenvalue weighted by Gasteiger charge is -2.33. The van der Waals surface area contributed by atoms with Gasteiger partial charge in [0.15, 0.2) is 9.84 Å². The van der Waals surface area contributed by atoms with E-state index in [0.29, 0.717) is 0 Å². The Morgan fingerprint density at radius 3 is 2.34 bits per heavy atom. The fourth-order valence-corrected chi connectivity index (χ4v) is 4.22. The van der Waals surface area contributed by atoms with Gasteiger partial charge in [0, 0.05) is 38.1 Å². The number of anilines is 1. The molecule has 2 fully saturated rings. The van der Waals surface area contributed by atoms with Crippen LogP contribution in [0, 0.1) is 0 Å². The Kier molecular flexibility index (Phi) is 5.66. The number of aliphatic hydroxyl groups excluding tert-OH is 1. The van der Waals surface area contributed by atoms with Crippen LogP contribution in [0.4, 0.5) is 15.3 Å². The largest absolute Gasteiger partial charge is 0.465 e. The lowest BCUT2D eigenvalue weighted by atomic mass is 10.1. The number of carboxylic acid groups (broad SMARTS) is 1. The van der Waals surface area contributed by atoms with E-state index in [9.17, 15) is 27.9 Å². The fraction of sp³-hybridized carbons (Fsp3) is 0.471. The van der Waals surface area contributed by atoms with Crippen molar-refractivity contribution in [2.24, 2.45) is 0 Å². The first kappa shape index (κ1) is 20.9. The normalized spacial score (nSPS) is 20.0. The van der Waals surface area contributed by atoms with Crippen LogP contribution in [-0.4, -0.2) is 98.2 Å². The summed E-state index contributed by atoms with van der Waals surface area (Å²) in [6.07, 6.45) is -0.835. The number of hydrogen-bond donors (Lipinski definition) is 2. The molecule has 2 saturated heterocycles. The van der Waals surface area contributed by atoms with E-state index >= 15 is 0 Å². The lowest BCUT2D eigenvalue weighted by molar-refractivity contribution is 0.0621. The summed E-state index contributed by atoms with van der Waals surface area (Å²) < 4.78 is 29.6. The molecule has 12 heteroatoms. The molecule has 2 heterocycles. The van der Waals surface area contributed by atoms with Gasteiger partial charge in [-0.2, -0.15) is 0 Å². The van der Waals surface area contributed by atoms with Gasteiger partial charge in [0.2, 0.25) is 0 Å². The molecule has 1 atom stereocenters. The summed E-state index contributed by atoms with van der Waals surface area (Å²) in [5.74, 6) is -0.537. The monoisotopic (exact) mass is 427 g/mol. The summed E-state index contributed by atoms with van der Waals surface area (Å²) in [6, 6.07) is 3.30. The zero-order chi connectivity index (χ0) is 21.3. The Hall–Kier alpha value is -2.86. The van der Waals surface area contributed by atoms with Crippen molar-refractivity contribution in [3.05, 3.63) is 23.8 Å². The van der Waals surface area contributed by atoms with Crippen LogP contribution in [0.15, 0.2) is 23.1 Å². The number of carbonyl (C=O) groups is 3. The molecular formula is C17H21N3O8S. The number of nitrogens with zero attached hydrogens (tertiary/aromatic N) is 3. The molecule has 0 aromatic heterocycles. The summed E-state index contributed by atoms with van der Waals surface area (Å²) in [5, 5.41) is 18.4. The number of hydrogen-bond acceptors (Lipinski definition) is 7. The Morgan fingerprint density at radius 1 is 1.17 bits per heavy atom. The third-order valence-electron chi connectivity index (χ3n) is 4.88. The highest BCUT2D eigenvalue weighted by atomic mass is 32.2. The van der Waals surface area contributed by atoms with Crippen LogP contribution in [-0.2, 0) is 14.6 Å². The van der Waals surface area contributed by atoms with Gasteiger partial charge < -0.3 is 24.7 Å². The minimum absolute atomic E-state index is 0.0297. The molecule has 0 aliphatic carbocycles. The van der Waals surface area contributed by atoms with Crippen molar-refractivity contribution < 1.29 is 37.8 Å². The van der Waals surface area contributed by atoms with Crippen molar-refractivity contribution >= 4 is 33.6 Å². The zero-order valence-corrected chi connectivity index (χ0v) is 16.5. The molecule has 0 unspecified atom stereocenters. The van der Waals surface area contributed by atoms with Gasteiger partial charge in [0.1, 0.15) is 6.61 Å². The summed E-state index contributed by atoms with van der Waals surface area (Å²) in [4.78, 5) is 39.4. The number of aliphatic hydroxyl groups is 1. The quantitative estimate of drug-likeness (QED) is 0.675. The molecule has 11 nitrogen and oxygen atoms in total. The maximum absolute atomic E-state index is 12.9. The first-order valence-corrected chi connectivity index (χ1v) is 10.7. The van der Waals surface area contributed by atoms with Gasteiger partial charge in [-0.15, -0.1) is 0 Å². The Bertz CT molecular complexity index is 940. The number of ether oxygens (including phenoxy) is 1. The predicted molar refractivity (Wildman–Crippen MR) is 99.8 cm³/mol. The molecule has 0 saturated carbocycles. The summed E-state index contributed by atoms with van der Waals surface area (Å²) in [7, 11) is -3.83. The van der Waals surface area contributed by atoms with Crippen LogP contribution in [0.5, 0.6) is 0 Å². The summed E-state index contributed by atoms with van der Waals surface area (Å²) >= 11 is 0. The number of rotatable bonds is 4. The lowest BCUT2D eigenvalue weighted by Crippen LogP contribution is -2.50. The van der Waals surface area contributed by atoms with Gasteiger partial charge in [-0.25, -0.2) is 18.0 Å². The van der Waals surface area contributed by atoms with Crippen LogP contribution in [0.3, 0.4) is 0 Å². The molecule has 1 aromatic rings. The van der Waals surface area contributed by atoms with Crippen molar-refractivity contribution in [1.29, 1.82) is 0 Å². The highest BCUT2D eigenvalue weighted by Crippen LogP contribution is 2.29. The number of amides is 3. The van der Waals surface area contributed by atoms with Gasteiger partial charge in [-0.05, 0) is 18.2 Å². The maximum Gasteiger partial charge on any atom is 0.414 e. The van der Waals surface area contributed by atoms with Crippen molar-refractivity contribution in [2.75, 3.05) is 50.5 Å². The second kappa shape index (κ2) is 7.87. The van der Waals surface area contributed by atoms with E-state index in [1.165, 1.54) is 28.0 Å². The van der Waals surface area contributed by atoms with Crippen LogP contribution in [0.2, 0.25) is 0 Å². The van der Waals surface area contributed by atoms with E-state index in [2.05, 4.69) is 0 Å². The fourth-order valence-electron chi connectivity index (χ4n) is 3.33. The molecule has 0 spiro atoms. The third kappa shape index (κ3) is 4.12. The summed E-state index contributed by atoms with van der Waals surface area (Å²) in [6.45, 7) is 0.144. The van der Waals surface area contributed by atoms with E-state index in [1.54, 1.807) is 0 Å². The first-order chi connectivity index (χ1) is 13.6. The molecule has 2 aliphatic heterocycles. The molecule has 158 valence electrons. The first-order valence-electron chi connectivity index (χ1n) is 8.81. The molecule has 29 heavy (non-hydrogen) atoms. The SMILES string of the molecule is CS(=O)(=O)c1cc(N2C(=O)OC[C@H]2CO)ccc1C(=O)N1CCN(C(=O)O)CC1. The topological polar surface area (TPSA) is 145 Å². The Morgan fingerprint density at radius 2 is 1.79 bits per heavy atom. The standard InChI is InChI=1S/C17H21N3O8S/c1-29(26,27)14-8-11(20-12(9-21)10-28-17(20)25)2-3-13(14)15(22)18-4-6-19(7-5-18)16(23)24/h2-3,8,12,21H,4-7,9-10H2,1H3,(H,23,24)/t12-/m1/s1. The second-order valence-electron chi connectivity index (χ2n) is 6.80. The average Bonchev–Trinajstić information content (AvgIpc) is 3.07. The molecule has 3 amide bonds. The average molecular weight is 427 g/mol. The maximum atomic E-state index is 12.9. The van der Waals surface area contributed by atoms with Crippen LogP contribution >= 0.6 is 0 Å². The summed E-state index contributed by atoms with van der Waals surface area (Å²) in [5.41, 5.74) is 0.132. The second-order valence-corrected chi connectivity index (χ2v) is 8.78. The van der Waals surface area contributed by atoms with Gasteiger partial charge in [-0.3, -0.25) is 9.69 Å². The number of benzene rings is 1. The molecule has 0 radical (unpaired) electrons. The molecule has 2 aliphatic rings. The zero-order valence-electron chi connectivity index (χ0n) is 15.6. The minimum atomic E-state index is -3.83. The van der Waals surface area contributed by atoms with Gasteiger partial charge in [0.05, 0.1) is 23.1 Å². The number of piperazine rings is 1. The Balaban J connectivity index is 1.92. The smallest absolute Gasteiger partial charge is 0.414 e. The van der Waals surface area contributed by atoms with Crippen molar-refractivity contribution in [1.82, 2.24) is 9.80 Å². The predicted octanol–water partition coefficient (Wildman–Crippen LogP) is -0.157. The highest BCUT2D eigenvalue weighted by Gasteiger charge is 2.35. The van der Waals surface area contributed by atoms with E-state index in [1.807, 2.05) is 0 Å². The molecule has 3 rings (SSSR count). The van der Waals surface area contributed by atoms with Gasteiger partial charge >= 0.3 is 12.2 Å². The minimum Gasteiger partial charge on any atom is -0.465 e. The van der Waals surface area contributed by atoms with Crippen molar-refractivity contribution in [3.63, 3.8) is 0 Å². The van der Waals surface area contributed by atoms with Crippen LogP contribution in [0.25, 0.3) is 0 Å². The van der Waals surface area contributed by atoms with Gasteiger partial charge in [-0.1, -0.05) is 0 Å². The molecule has 0 bridgehead atoms. The van der Waals surface area contributed by atoms with Crippen molar-refractivity contribution in [3.8, 4) is 0 Å². The highest BCUT2D eigenvalue weighted by molar-refractivity contribution is 7.90. The van der Waals surface area contributed by atoms with Crippen LogP contribution < -0.4 is 4.90 Å². The van der Waals surface area contributed by atoms with Crippen LogP contribution in [0.1, 0.15) is 10.4 Å². The number of carbonyl (C=O) groups excluding carboxylic acids is 2. The number of cyclic esters (lactones) is 1. The molecule has 2 N–H and O–H groups in total. The van der Waals surface area contributed by atoms with E-state index in [-0.39, 0.29) is 55.5 Å². The Labute approximate surface area is 167 Å². The number of sulfone groups is 1. The third-order valence-corrected chi connectivity index (χ3v) is 6.02. The van der Waals surface area contributed by atoms with E-state index in [4.69, 9.17) is 9.84 Å².